The maximum absolute atomic E-state index is 13.5. The summed E-state index contributed by atoms with van der Waals surface area (Å²) in [6.07, 6.45) is -0.376. The Morgan fingerprint density at radius 2 is 1.66 bits per heavy atom. The molecule has 6 nitrogen and oxygen atoms in total. The zero-order chi connectivity index (χ0) is 22.2. The molecule has 0 fully saturated rings. The molecule has 2 aliphatic heterocycles. The van der Waals surface area contributed by atoms with Crippen molar-refractivity contribution in [1.82, 2.24) is 4.90 Å². The Labute approximate surface area is 186 Å². The van der Waals surface area contributed by atoms with Gasteiger partial charge in [-0.25, -0.2) is 0 Å². The SMILES string of the molecule is Cc1cccc(C)c1NC(=O)C1c2ccccc2C(=O)N1CC1COc2ccccc2O1. The lowest BCUT2D eigenvalue weighted by atomic mass is 10.0. The fourth-order valence-corrected chi connectivity index (χ4v) is 4.42. The van der Waals surface area contributed by atoms with E-state index >= 15 is 0 Å². The normalized spacial score (nSPS) is 18.9. The molecule has 5 rings (SSSR count). The van der Waals surface area contributed by atoms with Crippen LogP contribution in [0, 0.1) is 13.8 Å². The third kappa shape index (κ3) is 3.47. The van der Waals surface area contributed by atoms with Crippen LogP contribution in [0.1, 0.15) is 33.1 Å². The molecule has 0 spiro atoms. The minimum Gasteiger partial charge on any atom is -0.486 e. The van der Waals surface area contributed by atoms with Gasteiger partial charge in [-0.2, -0.15) is 0 Å². The van der Waals surface area contributed by atoms with Gasteiger partial charge in [-0.05, 0) is 48.7 Å². The van der Waals surface area contributed by atoms with E-state index in [1.807, 2.05) is 74.5 Å². The number of hydrogen-bond donors (Lipinski definition) is 1. The summed E-state index contributed by atoms with van der Waals surface area (Å²) >= 11 is 0. The molecule has 32 heavy (non-hydrogen) atoms. The molecular weight excluding hydrogens is 404 g/mol. The van der Waals surface area contributed by atoms with Gasteiger partial charge in [0.2, 0.25) is 0 Å². The van der Waals surface area contributed by atoms with Gasteiger partial charge >= 0.3 is 0 Å². The highest BCUT2D eigenvalue weighted by atomic mass is 16.6. The molecule has 2 heterocycles. The van der Waals surface area contributed by atoms with Crippen LogP contribution in [-0.4, -0.2) is 36.0 Å². The lowest BCUT2D eigenvalue weighted by molar-refractivity contribution is -0.120. The Bertz CT molecular complexity index is 1190. The van der Waals surface area contributed by atoms with Crippen LogP contribution in [0.3, 0.4) is 0 Å². The van der Waals surface area contributed by atoms with Crippen molar-refractivity contribution in [1.29, 1.82) is 0 Å². The molecule has 0 radical (unpaired) electrons. The summed E-state index contributed by atoms with van der Waals surface area (Å²) in [5, 5.41) is 3.06. The average molecular weight is 428 g/mol. The number of amides is 2. The van der Waals surface area contributed by atoms with E-state index in [1.165, 1.54) is 0 Å². The van der Waals surface area contributed by atoms with Gasteiger partial charge in [0.1, 0.15) is 12.6 Å². The van der Waals surface area contributed by atoms with Gasteiger partial charge in [0, 0.05) is 11.3 Å². The number of carbonyl (C=O) groups is 2. The van der Waals surface area contributed by atoms with Crippen molar-refractivity contribution in [3.8, 4) is 11.5 Å². The molecule has 3 aromatic carbocycles. The number of aryl methyl sites for hydroxylation is 2. The maximum atomic E-state index is 13.5. The van der Waals surface area contributed by atoms with Crippen LogP contribution in [0.25, 0.3) is 0 Å². The molecule has 2 amide bonds. The van der Waals surface area contributed by atoms with E-state index in [4.69, 9.17) is 9.47 Å². The van der Waals surface area contributed by atoms with E-state index in [0.717, 1.165) is 16.8 Å². The maximum Gasteiger partial charge on any atom is 0.255 e. The lowest BCUT2D eigenvalue weighted by Crippen LogP contribution is -2.45. The fourth-order valence-electron chi connectivity index (χ4n) is 4.42. The van der Waals surface area contributed by atoms with Gasteiger partial charge in [-0.1, -0.05) is 48.5 Å². The summed E-state index contributed by atoms with van der Waals surface area (Å²) < 4.78 is 11.9. The van der Waals surface area contributed by atoms with Crippen LogP contribution in [-0.2, 0) is 4.79 Å². The van der Waals surface area contributed by atoms with Crippen molar-refractivity contribution in [3.63, 3.8) is 0 Å². The molecule has 2 atom stereocenters. The number of anilines is 1. The molecular formula is C26H24N2O4. The first-order valence-corrected chi connectivity index (χ1v) is 10.7. The lowest BCUT2D eigenvalue weighted by Gasteiger charge is -2.32. The van der Waals surface area contributed by atoms with Crippen molar-refractivity contribution in [3.05, 3.63) is 89.0 Å². The third-order valence-corrected chi connectivity index (χ3v) is 6.00. The average Bonchev–Trinajstić information content (AvgIpc) is 3.08. The van der Waals surface area contributed by atoms with Crippen molar-refractivity contribution in [2.24, 2.45) is 0 Å². The van der Waals surface area contributed by atoms with Crippen LogP contribution in [0.5, 0.6) is 11.5 Å². The first-order chi connectivity index (χ1) is 15.5. The molecule has 0 bridgehead atoms. The molecule has 6 heteroatoms. The first kappa shape index (κ1) is 20.1. The Balaban J connectivity index is 1.43. The highest BCUT2D eigenvalue weighted by molar-refractivity contribution is 6.08. The minimum atomic E-state index is -0.738. The predicted molar refractivity (Wildman–Crippen MR) is 121 cm³/mol. The molecule has 1 N–H and O–H groups in total. The standard InChI is InChI=1S/C26H24N2O4/c1-16-8-7-9-17(2)23(16)27-25(29)24-19-10-3-4-11-20(19)26(30)28(24)14-18-15-31-21-12-5-6-13-22(21)32-18/h3-13,18,24H,14-15H2,1-2H3,(H,27,29). The number of ether oxygens (including phenoxy) is 2. The second-order valence-corrected chi connectivity index (χ2v) is 8.20. The second-order valence-electron chi connectivity index (χ2n) is 8.20. The van der Waals surface area contributed by atoms with Crippen molar-refractivity contribution < 1.29 is 19.1 Å². The monoisotopic (exact) mass is 428 g/mol. The smallest absolute Gasteiger partial charge is 0.255 e. The number of nitrogens with one attached hydrogen (secondary N) is 1. The number of para-hydroxylation sites is 3. The van der Waals surface area contributed by atoms with Crippen LogP contribution in [0.15, 0.2) is 66.7 Å². The summed E-state index contributed by atoms with van der Waals surface area (Å²) in [5.41, 5.74) is 3.98. The highest BCUT2D eigenvalue weighted by Gasteiger charge is 2.42. The van der Waals surface area contributed by atoms with E-state index in [2.05, 4.69) is 5.32 Å². The van der Waals surface area contributed by atoms with Crippen LogP contribution in [0.4, 0.5) is 5.69 Å². The zero-order valence-electron chi connectivity index (χ0n) is 18.0. The second kappa shape index (κ2) is 8.04. The molecule has 162 valence electrons. The van der Waals surface area contributed by atoms with Gasteiger partial charge in [0.15, 0.2) is 17.6 Å². The largest absolute Gasteiger partial charge is 0.486 e. The number of hydrogen-bond acceptors (Lipinski definition) is 4. The van der Waals surface area contributed by atoms with Crippen molar-refractivity contribution in [2.45, 2.75) is 26.0 Å². The van der Waals surface area contributed by atoms with E-state index in [9.17, 15) is 9.59 Å². The Kier molecular flexibility index (Phi) is 5.05. The van der Waals surface area contributed by atoms with E-state index < -0.39 is 6.04 Å². The highest BCUT2D eigenvalue weighted by Crippen LogP contribution is 2.37. The number of rotatable bonds is 4. The van der Waals surface area contributed by atoms with Gasteiger partial charge in [0.05, 0.1) is 6.54 Å². The topological polar surface area (TPSA) is 67.9 Å². The predicted octanol–water partition coefficient (Wildman–Crippen LogP) is 4.28. The Hall–Kier alpha value is -3.80. The van der Waals surface area contributed by atoms with Gasteiger partial charge < -0.3 is 19.7 Å². The third-order valence-electron chi connectivity index (χ3n) is 6.00. The fraction of sp³-hybridized carbons (Fsp3) is 0.231. The number of benzene rings is 3. The Morgan fingerprint density at radius 3 is 2.44 bits per heavy atom. The van der Waals surface area contributed by atoms with Crippen molar-refractivity contribution in [2.75, 3.05) is 18.5 Å². The zero-order valence-corrected chi connectivity index (χ0v) is 18.0. The van der Waals surface area contributed by atoms with E-state index in [-0.39, 0.29) is 24.5 Å². The summed E-state index contributed by atoms with van der Waals surface area (Å²) in [6, 6.07) is 19.9. The number of fused-ring (bicyclic) bond motifs is 2. The van der Waals surface area contributed by atoms with Gasteiger partial charge in [-0.3, -0.25) is 9.59 Å². The summed E-state index contributed by atoms with van der Waals surface area (Å²) in [7, 11) is 0. The quantitative estimate of drug-likeness (QED) is 0.674. The molecule has 2 aliphatic rings. The molecule has 0 aromatic heterocycles. The molecule has 2 unspecified atom stereocenters. The Morgan fingerprint density at radius 1 is 0.969 bits per heavy atom. The van der Waals surface area contributed by atoms with Crippen molar-refractivity contribution >= 4 is 17.5 Å². The van der Waals surface area contributed by atoms with E-state index in [1.54, 1.807) is 11.0 Å². The van der Waals surface area contributed by atoms with Crippen LogP contribution < -0.4 is 14.8 Å². The first-order valence-electron chi connectivity index (χ1n) is 10.7. The summed E-state index contributed by atoms with van der Waals surface area (Å²) in [4.78, 5) is 28.4. The molecule has 0 saturated heterocycles. The summed E-state index contributed by atoms with van der Waals surface area (Å²) in [6.45, 7) is 4.46. The van der Waals surface area contributed by atoms with Crippen LogP contribution in [0.2, 0.25) is 0 Å². The molecule has 3 aromatic rings. The number of carbonyl (C=O) groups excluding carboxylic acids is 2. The molecule has 0 aliphatic carbocycles. The number of nitrogens with zero attached hydrogens (tertiary/aromatic N) is 1. The minimum absolute atomic E-state index is 0.176. The van der Waals surface area contributed by atoms with E-state index in [0.29, 0.717) is 29.2 Å². The van der Waals surface area contributed by atoms with Gasteiger partial charge in [-0.15, -0.1) is 0 Å². The van der Waals surface area contributed by atoms with Crippen LogP contribution >= 0.6 is 0 Å². The molecule has 0 saturated carbocycles. The summed E-state index contributed by atoms with van der Waals surface area (Å²) in [5.74, 6) is 0.913. The van der Waals surface area contributed by atoms with Gasteiger partial charge in [0.25, 0.3) is 11.8 Å².